The van der Waals surface area contributed by atoms with Crippen molar-refractivity contribution >= 4 is 47.0 Å². The van der Waals surface area contributed by atoms with Crippen LogP contribution >= 0.6 is 23.5 Å². The molecule has 8 bridgehead atoms. The quantitative estimate of drug-likeness (QED) is 0.422. The summed E-state index contributed by atoms with van der Waals surface area (Å²) in [5, 5.41) is 8.37. The van der Waals surface area contributed by atoms with E-state index in [1.807, 2.05) is 23.5 Å². The van der Waals surface area contributed by atoms with Crippen molar-refractivity contribution in [3.63, 3.8) is 0 Å². The molecule has 0 amide bonds. The Bertz CT molecular complexity index is 329. The molecule has 5 aliphatic heterocycles. The van der Waals surface area contributed by atoms with Crippen LogP contribution < -0.4 is 0 Å². The van der Waals surface area contributed by atoms with Crippen molar-refractivity contribution in [2.45, 2.75) is 119 Å². The minimum atomic E-state index is 1.03. The van der Waals surface area contributed by atoms with Crippen molar-refractivity contribution in [3.8, 4) is 0 Å². The third-order valence-corrected chi connectivity index (χ3v) is 13.9. The standard InChI is InChI=1S/C20H32S4/c1-2-14-10-16-5-6-18(23-16)12-20-8-7-19(24-20)11-17-4-3-15(22-17)9-13(1)21-14/h13-20H,1-12H2/p+2. The molecule has 0 nitrogen and oxygen atoms in total. The average molecular weight is 403 g/mol. The van der Waals surface area contributed by atoms with Crippen LogP contribution in [0.1, 0.15) is 77.0 Å². The third-order valence-electron chi connectivity index (χ3n) is 7.04. The molecule has 5 fully saturated rings. The fourth-order valence-electron chi connectivity index (χ4n) is 5.85. The molecule has 0 aromatic carbocycles. The molecule has 24 heavy (non-hydrogen) atoms. The summed E-state index contributed by atoms with van der Waals surface area (Å²) in [5.74, 6) is 0. The van der Waals surface area contributed by atoms with Crippen LogP contribution in [0.3, 0.4) is 0 Å². The summed E-state index contributed by atoms with van der Waals surface area (Å²) in [7, 11) is 0. The Hall–Kier alpha value is 1.40. The van der Waals surface area contributed by atoms with E-state index < -0.39 is 0 Å². The summed E-state index contributed by atoms with van der Waals surface area (Å²) in [6.45, 7) is 0. The zero-order valence-electron chi connectivity index (χ0n) is 14.8. The number of rotatable bonds is 0. The zero-order chi connectivity index (χ0) is 15.9. The Kier molecular flexibility index (Phi) is 5.68. The summed E-state index contributed by atoms with van der Waals surface area (Å²) >= 11 is 8.57. The van der Waals surface area contributed by atoms with Crippen molar-refractivity contribution < 1.29 is 0 Å². The summed E-state index contributed by atoms with van der Waals surface area (Å²) in [4.78, 5) is 0. The fourth-order valence-corrected chi connectivity index (χ4v) is 13.9. The predicted molar refractivity (Wildman–Crippen MR) is 118 cm³/mol. The number of hydrogen-bond donors (Lipinski definition) is 0. The van der Waals surface area contributed by atoms with Crippen LogP contribution in [0.5, 0.6) is 0 Å². The number of hydrogen-bond acceptors (Lipinski definition) is 2. The van der Waals surface area contributed by atoms with Crippen molar-refractivity contribution in [2.24, 2.45) is 0 Å². The van der Waals surface area contributed by atoms with Gasteiger partial charge in [-0.2, -0.15) is 23.5 Å². The normalized spacial score (nSPS) is 52.0. The minimum absolute atomic E-state index is 1.03. The van der Waals surface area contributed by atoms with Gasteiger partial charge in [0.25, 0.3) is 0 Å². The van der Waals surface area contributed by atoms with Crippen LogP contribution in [-0.2, 0) is 23.5 Å². The molecule has 8 unspecified atom stereocenters. The first-order valence-electron chi connectivity index (χ1n) is 10.5. The largest absolute Gasteiger partial charge is 0.155 e. The Morgan fingerprint density at radius 3 is 1.00 bits per heavy atom. The Balaban J connectivity index is 1.27. The maximum atomic E-state index is 2.42. The molecule has 0 aliphatic carbocycles. The van der Waals surface area contributed by atoms with Crippen LogP contribution in [0.4, 0.5) is 0 Å². The molecule has 0 N–H and O–H groups in total. The molecular formula is C20H34S4+2. The van der Waals surface area contributed by atoms with Gasteiger partial charge >= 0.3 is 0 Å². The summed E-state index contributed by atoms with van der Waals surface area (Å²) in [6.07, 6.45) is 18.6. The highest BCUT2D eigenvalue weighted by Crippen LogP contribution is 2.46. The molecule has 0 spiro atoms. The van der Waals surface area contributed by atoms with Gasteiger partial charge in [0, 0.05) is 46.7 Å². The zero-order valence-corrected chi connectivity index (χ0v) is 18.2. The Morgan fingerprint density at radius 2 is 0.708 bits per heavy atom. The minimum Gasteiger partial charge on any atom is -0.155 e. The number of thioether (sulfide) groups is 2. The number of thiol groups is 2. The first kappa shape index (κ1) is 17.5. The second-order valence-corrected chi connectivity index (χ2v) is 15.7. The number of fused-ring (bicyclic) bond motifs is 8. The van der Waals surface area contributed by atoms with Gasteiger partial charge in [0.05, 0.1) is 0 Å². The van der Waals surface area contributed by atoms with Crippen molar-refractivity contribution in [2.75, 3.05) is 0 Å². The Labute approximate surface area is 165 Å². The molecule has 0 aromatic heterocycles. The van der Waals surface area contributed by atoms with Gasteiger partial charge in [0.2, 0.25) is 0 Å². The molecule has 4 heteroatoms. The van der Waals surface area contributed by atoms with Gasteiger partial charge in [0.1, 0.15) is 21.0 Å². The second kappa shape index (κ2) is 7.80. The molecule has 5 saturated heterocycles. The lowest BCUT2D eigenvalue weighted by atomic mass is 10.0. The van der Waals surface area contributed by atoms with Crippen molar-refractivity contribution in [1.29, 1.82) is 0 Å². The molecule has 0 saturated carbocycles. The summed E-state index contributed by atoms with van der Waals surface area (Å²) in [6, 6.07) is 0. The van der Waals surface area contributed by atoms with Crippen LogP contribution in [0.2, 0.25) is 0 Å². The molecule has 5 rings (SSSR count). The second-order valence-electron chi connectivity index (χ2n) is 8.93. The van der Waals surface area contributed by atoms with E-state index in [4.69, 9.17) is 0 Å². The van der Waals surface area contributed by atoms with Gasteiger partial charge in [-0.15, -0.1) is 0 Å². The van der Waals surface area contributed by atoms with E-state index in [2.05, 4.69) is 23.5 Å². The predicted octanol–water partition coefficient (Wildman–Crippen LogP) is 4.78. The molecular weight excluding hydrogens is 368 g/mol. The van der Waals surface area contributed by atoms with Gasteiger partial charge in [-0.1, -0.05) is 0 Å². The van der Waals surface area contributed by atoms with E-state index in [-0.39, 0.29) is 0 Å². The lowest BCUT2D eigenvalue weighted by Crippen LogP contribution is -2.19. The van der Waals surface area contributed by atoms with Crippen molar-refractivity contribution in [3.05, 3.63) is 0 Å². The Morgan fingerprint density at radius 1 is 0.417 bits per heavy atom. The van der Waals surface area contributed by atoms with E-state index in [0.717, 1.165) is 42.0 Å². The van der Waals surface area contributed by atoms with Gasteiger partial charge < -0.3 is 0 Å². The van der Waals surface area contributed by atoms with E-state index in [1.165, 1.54) is 0 Å². The van der Waals surface area contributed by atoms with Gasteiger partial charge in [-0.3, -0.25) is 0 Å². The van der Waals surface area contributed by atoms with Crippen LogP contribution in [0.15, 0.2) is 0 Å². The van der Waals surface area contributed by atoms with E-state index >= 15 is 0 Å². The SMILES string of the molecule is C1CC2CC3CCC(CC4CCC(CC5CCC(CC1S2)[SH+]5)S4)[SH+]3. The van der Waals surface area contributed by atoms with Gasteiger partial charge in [-0.05, 0) is 74.9 Å². The molecule has 5 aliphatic rings. The summed E-state index contributed by atoms with van der Waals surface area (Å²) < 4.78 is 0. The van der Waals surface area contributed by atoms with Gasteiger partial charge in [-0.25, -0.2) is 0 Å². The first-order valence-corrected chi connectivity index (χ1v) is 14.5. The molecule has 0 aromatic rings. The monoisotopic (exact) mass is 402 g/mol. The van der Waals surface area contributed by atoms with Crippen LogP contribution in [0, 0.1) is 0 Å². The van der Waals surface area contributed by atoms with Crippen molar-refractivity contribution in [1.82, 2.24) is 0 Å². The molecule has 5 heterocycles. The maximum absolute atomic E-state index is 2.42. The van der Waals surface area contributed by atoms with Crippen LogP contribution in [-0.4, -0.2) is 42.0 Å². The molecule has 8 atom stereocenters. The average Bonchev–Trinajstić information content (AvgIpc) is 3.32. The smallest absolute Gasteiger partial charge is 0.117 e. The summed E-state index contributed by atoms with van der Waals surface area (Å²) in [5.41, 5.74) is 0. The highest BCUT2D eigenvalue weighted by Gasteiger charge is 2.43. The lowest BCUT2D eigenvalue weighted by Gasteiger charge is -2.15. The first-order chi connectivity index (χ1) is 11.8. The highest BCUT2D eigenvalue weighted by molar-refractivity contribution is 8.01. The topological polar surface area (TPSA) is 0 Å². The van der Waals surface area contributed by atoms with Crippen LogP contribution in [0.25, 0.3) is 0 Å². The van der Waals surface area contributed by atoms with Gasteiger partial charge in [0.15, 0.2) is 0 Å². The third kappa shape index (κ3) is 4.12. The highest BCUT2D eigenvalue weighted by atomic mass is 32.2. The maximum Gasteiger partial charge on any atom is 0.117 e. The lowest BCUT2D eigenvalue weighted by molar-refractivity contribution is 0.591. The molecule has 0 radical (unpaired) electrons. The van der Waals surface area contributed by atoms with E-state index in [9.17, 15) is 0 Å². The fraction of sp³-hybridized carbons (Fsp3) is 1.00. The van der Waals surface area contributed by atoms with E-state index in [0.29, 0.717) is 0 Å². The molecule has 136 valence electrons. The van der Waals surface area contributed by atoms with E-state index in [1.54, 1.807) is 77.0 Å².